The van der Waals surface area contributed by atoms with E-state index in [1.54, 1.807) is 24.1 Å². The summed E-state index contributed by atoms with van der Waals surface area (Å²) in [6.07, 6.45) is 1.17. The second-order valence-corrected chi connectivity index (χ2v) is 7.21. The van der Waals surface area contributed by atoms with Crippen molar-refractivity contribution in [1.82, 2.24) is 15.1 Å². The molecule has 1 aromatic rings. The molecule has 0 unspecified atom stereocenters. The van der Waals surface area contributed by atoms with E-state index < -0.39 is 11.7 Å². The van der Waals surface area contributed by atoms with Gasteiger partial charge in [0.1, 0.15) is 24.5 Å². The van der Waals surface area contributed by atoms with Gasteiger partial charge in [-0.25, -0.2) is 4.79 Å². The molecule has 0 atom stereocenters. The maximum Gasteiger partial charge on any atom is 0.410 e. The van der Waals surface area contributed by atoms with Crippen LogP contribution in [0.1, 0.15) is 12.8 Å². The number of hydrogen-bond acceptors (Lipinski definition) is 5. The zero-order valence-electron chi connectivity index (χ0n) is 14.9. The zero-order chi connectivity index (χ0) is 18.6. The molecule has 26 heavy (non-hydrogen) atoms. The SMILES string of the molecule is CN(CCOc1cccc(Cl)c1)C(=O)CN1CC2(CCNCC2)OC1=O. The highest BCUT2D eigenvalue weighted by atomic mass is 35.5. The number of halogens is 1. The molecule has 1 spiro atoms. The third kappa shape index (κ3) is 4.59. The molecule has 2 aliphatic heterocycles. The van der Waals surface area contributed by atoms with Gasteiger partial charge in [0.15, 0.2) is 0 Å². The molecule has 0 radical (unpaired) electrons. The fourth-order valence-corrected chi connectivity index (χ4v) is 3.40. The van der Waals surface area contributed by atoms with E-state index in [1.807, 2.05) is 12.1 Å². The number of hydrogen-bond donors (Lipinski definition) is 1. The number of piperidine rings is 1. The van der Waals surface area contributed by atoms with E-state index in [0.717, 1.165) is 25.9 Å². The molecule has 3 rings (SSSR count). The van der Waals surface area contributed by atoms with Gasteiger partial charge < -0.3 is 19.7 Å². The van der Waals surface area contributed by atoms with Gasteiger partial charge in [0.25, 0.3) is 0 Å². The van der Waals surface area contributed by atoms with Crippen LogP contribution in [-0.4, -0.2) is 73.8 Å². The molecule has 2 heterocycles. The number of rotatable bonds is 6. The molecule has 1 N–H and O–H groups in total. The molecule has 1 aromatic carbocycles. The Labute approximate surface area is 158 Å². The van der Waals surface area contributed by atoms with Crippen LogP contribution in [0.15, 0.2) is 24.3 Å². The molecule has 0 saturated carbocycles. The number of ether oxygens (including phenoxy) is 2. The van der Waals surface area contributed by atoms with Gasteiger partial charge in [0.05, 0.1) is 13.1 Å². The van der Waals surface area contributed by atoms with Crippen molar-refractivity contribution < 1.29 is 19.1 Å². The van der Waals surface area contributed by atoms with Crippen molar-refractivity contribution in [1.29, 1.82) is 0 Å². The smallest absolute Gasteiger partial charge is 0.410 e. The highest BCUT2D eigenvalue weighted by molar-refractivity contribution is 6.30. The Balaban J connectivity index is 1.44. The lowest BCUT2D eigenvalue weighted by Crippen LogP contribution is -2.46. The summed E-state index contributed by atoms with van der Waals surface area (Å²) in [5.41, 5.74) is -0.434. The summed E-state index contributed by atoms with van der Waals surface area (Å²) in [4.78, 5) is 27.6. The van der Waals surface area contributed by atoms with Gasteiger partial charge in [0.2, 0.25) is 5.91 Å². The number of nitrogens with zero attached hydrogens (tertiary/aromatic N) is 2. The van der Waals surface area contributed by atoms with E-state index in [2.05, 4.69) is 5.32 Å². The standard InChI is InChI=1S/C18H24ClN3O4/c1-21(9-10-25-15-4-2-3-14(19)11-15)16(23)12-22-13-18(26-17(22)24)5-7-20-8-6-18/h2-4,11,20H,5-10,12-13H2,1H3. The lowest BCUT2D eigenvalue weighted by molar-refractivity contribution is -0.130. The molecule has 142 valence electrons. The second kappa shape index (κ2) is 8.14. The first-order valence-electron chi connectivity index (χ1n) is 8.78. The van der Waals surface area contributed by atoms with Crippen LogP contribution in [0.3, 0.4) is 0 Å². The molecule has 2 saturated heterocycles. The maximum absolute atomic E-state index is 12.4. The van der Waals surface area contributed by atoms with Crippen molar-refractivity contribution in [3.8, 4) is 5.75 Å². The summed E-state index contributed by atoms with van der Waals surface area (Å²) >= 11 is 5.91. The Bertz CT molecular complexity index is 664. The van der Waals surface area contributed by atoms with Crippen molar-refractivity contribution in [2.75, 3.05) is 46.4 Å². The Morgan fingerprint density at radius 1 is 1.42 bits per heavy atom. The van der Waals surface area contributed by atoms with E-state index in [4.69, 9.17) is 21.1 Å². The number of amides is 2. The lowest BCUT2D eigenvalue weighted by atomic mass is 9.92. The van der Waals surface area contributed by atoms with Gasteiger partial charge >= 0.3 is 6.09 Å². The lowest BCUT2D eigenvalue weighted by Gasteiger charge is -2.31. The van der Waals surface area contributed by atoms with Crippen molar-refractivity contribution >= 4 is 23.6 Å². The Kier molecular flexibility index (Phi) is 5.88. The number of nitrogens with one attached hydrogen (secondary N) is 1. The predicted molar refractivity (Wildman–Crippen MR) is 97.5 cm³/mol. The van der Waals surface area contributed by atoms with Crippen LogP contribution in [0.5, 0.6) is 5.75 Å². The quantitative estimate of drug-likeness (QED) is 0.812. The van der Waals surface area contributed by atoms with Gasteiger partial charge in [-0.2, -0.15) is 0 Å². The number of carbonyl (C=O) groups is 2. The monoisotopic (exact) mass is 381 g/mol. The largest absolute Gasteiger partial charge is 0.492 e. The topological polar surface area (TPSA) is 71.1 Å². The van der Waals surface area contributed by atoms with Crippen molar-refractivity contribution in [3.05, 3.63) is 29.3 Å². The minimum Gasteiger partial charge on any atom is -0.492 e. The summed E-state index contributed by atoms with van der Waals surface area (Å²) in [6.45, 7) is 2.94. The van der Waals surface area contributed by atoms with Gasteiger partial charge in [0, 0.05) is 24.9 Å². The van der Waals surface area contributed by atoms with Crippen LogP contribution in [0.4, 0.5) is 4.79 Å². The molecule has 2 amide bonds. The van der Waals surface area contributed by atoms with E-state index >= 15 is 0 Å². The Hall–Kier alpha value is -1.99. The van der Waals surface area contributed by atoms with Crippen molar-refractivity contribution in [2.45, 2.75) is 18.4 Å². The zero-order valence-corrected chi connectivity index (χ0v) is 15.6. The first kappa shape index (κ1) is 18.8. The fourth-order valence-electron chi connectivity index (χ4n) is 3.22. The Morgan fingerprint density at radius 3 is 2.92 bits per heavy atom. The molecule has 0 bridgehead atoms. The highest BCUT2D eigenvalue weighted by Gasteiger charge is 2.46. The first-order chi connectivity index (χ1) is 12.5. The fraction of sp³-hybridized carbons (Fsp3) is 0.556. The van der Waals surface area contributed by atoms with Crippen LogP contribution in [0, 0.1) is 0 Å². The molecule has 7 nitrogen and oxygen atoms in total. The first-order valence-corrected chi connectivity index (χ1v) is 9.16. The van der Waals surface area contributed by atoms with Crippen LogP contribution in [-0.2, 0) is 9.53 Å². The predicted octanol–water partition coefficient (Wildman–Crippen LogP) is 1.75. The summed E-state index contributed by atoms with van der Waals surface area (Å²) in [7, 11) is 1.70. The van der Waals surface area contributed by atoms with Crippen molar-refractivity contribution in [3.63, 3.8) is 0 Å². The molecule has 8 heteroatoms. The van der Waals surface area contributed by atoms with E-state index in [-0.39, 0.29) is 12.5 Å². The molecular weight excluding hydrogens is 358 g/mol. The number of carbonyl (C=O) groups excluding carboxylic acids is 2. The highest BCUT2D eigenvalue weighted by Crippen LogP contribution is 2.30. The third-order valence-electron chi connectivity index (χ3n) is 4.80. The molecular formula is C18H24ClN3O4. The van der Waals surface area contributed by atoms with Gasteiger partial charge in [-0.05, 0) is 31.3 Å². The summed E-state index contributed by atoms with van der Waals surface area (Å²) in [5, 5.41) is 3.86. The molecule has 0 aromatic heterocycles. The minimum absolute atomic E-state index is 0.0294. The normalized spacial score (nSPS) is 18.7. The number of likely N-dealkylation sites (N-methyl/N-ethyl adjacent to an activating group) is 1. The van der Waals surface area contributed by atoms with Crippen LogP contribution in [0.2, 0.25) is 5.02 Å². The Morgan fingerprint density at radius 2 is 2.19 bits per heavy atom. The maximum atomic E-state index is 12.4. The molecule has 2 aliphatic rings. The third-order valence-corrected chi connectivity index (χ3v) is 5.03. The van der Waals surface area contributed by atoms with Gasteiger partial charge in [-0.15, -0.1) is 0 Å². The van der Waals surface area contributed by atoms with Crippen LogP contribution in [0.25, 0.3) is 0 Å². The number of benzene rings is 1. The van der Waals surface area contributed by atoms with Gasteiger partial charge in [-0.3, -0.25) is 9.69 Å². The summed E-state index contributed by atoms with van der Waals surface area (Å²) < 4.78 is 11.2. The second-order valence-electron chi connectivity index (χ2n) is 6.78. The van der Waals surface area contributed by atoms with E-state index in [1.165, 1.54) is 4.90 Å². The van der Waals surface area contributed by atoms with Crippen LogP contribution >= 0.6 is 11.6 Å². The van der Waals surface area contributed by atoms with Crippen LogP contribution < -0.4 is 10.1 Å². The molecule has 2 fully saturated rings. The van der Waals surface area contributed by atoms with E-state index in [9.17, 15) is 9.59 Å². The average Bonchev–Trinajstić information content (AvgIpc) is 2.90. The summed E-state index contributed by atoms with van der Waals surface area (Å²) in [6, 6.07) is 7.12. The van der Waals surface area contributed by atoms with E-state index in [0.29, 0.717) is 30.5 Å². The summed E-state index contributed by atoms with van der Waals surface area (Å²) in [5.74, 6) is 0.525. The minimum atomic E-state index is -0.434. The van der Waals surface area contributed by atoms with Crippen molar-refractivity contribution in [2.24, 2.45) is 0 Å². The molecule has 0 aliphatic carbocycles. The van der Waals surface area contributed by atoms with Gasteiger partial charge in [-0.1, -0.05) is 17.7 Å². The average molecular weight is 382 g/mol.